The van der Waals surface area contributed by atoms with E-state index in [9.17, 15) is 4.79 Å². The highest BCUT2D eigenvalue weighted by Gasteiger charge is 2.25. The highest BCUT2D eigenvalue weighted by atomic mass is 16.2. The quantitative estimate of drug-likeness (QED) is 0.902. The van der Waals surface area contributed by atoms with Crippen LogP contribution in [0, 0.1) is 11.3 Å². The van der Waals surface area contributed by atoms with Crippen LogP contribution < -0.4 is 5.32 Å². The molecule has 4 nitrogen and oxygen atoms in total. The van der Waals surface area contributed by atoms with Gasteiger partial charge in [-0.3, -0.25) is 0 Å². The molecule has 2 rings (SSSR count). The highest BCUT2D eigenvalue weighted by molar-refractivity contribution is 5.77. The molecule has 1 N–H and O–H groups in total. The van der Waals surface area contributed by atoms with Crippen LogP contribution in [0.1, 0.15) is 36.9 Å². The second-order valence-corrected chi connectivity index (χ2v) is 4.68. The number of hydrogen-bond acceptors (Lipinski definition) is 2. The van der Waals surface area contributed by atoms with E-state index in [1.54, 1.807) is 24.1 Å². The van der Waals surface area contributed by atoms with Crippen molar-refractivity contribution in [2.75, 3.05) is 7.05 Å². The van der Waals surface area contributed by atoms with Crippen molar-refractivity contribution in [3.05, 3.63) is 47.2 Å². The summed E-state index contributed by atoms with van der Waals surface area (Å²) >= 11 is 0. The molecule has 4 heteroatoms. The van der Waals surface area contributed by atoms with Gasteiger partial charge in [-0.05, 0) is 29.7 Å². The van der Waals surface area contributed by atoms with Crippen LogP contribution in [0.25, 0.3) is 0 Å². The number of nitriles is 1. The molecule has 1 aromatic rings. The zero-order valence-electron chi connectivity index (χ0n) is 11.2. The average Bonchev–Trinajstić information content (AvgIpc) is 2.43. The van der Waals surface area contributed by atoms with E-state index in [2.05, 4.69) is 18.3 Å². The Hall–Kier alpha value is -2.28. The van der Waals surface area contributed by atoms with E-state index in [4.69, 9.17) is 5.26 Å². The van der Waals surface area contributed by atoms with E-state index in [0.29, 0.717) is 5.56 Å². The molecule has 1 atom stereocenters. The summed E-state index contributed by atoms with van der Waals surface area (Å²) < 4.78 is 0. The Bertz CT molecular complexity index is 540. The third kappa shape index (κ3) is 2.76. The van der Waals surface area contributed by atoms with Gasteiger partial charge in [0.15, 0.2) is 0 Å². The minimum absolute atomic E-state index is 0.0867. The first-order valence-electron chi connectivity index (χ1n) is 6.39. The molecule has 1 heterocycles. The van der Waals surface area contributed by atoms with Crippen LogP contribution >= 0.6 is 0 Å². The molecule has 0 spiro atoms. The summed E-state index contributed by atoms with van der Waals surface area (Å²) in [6, 6.07) is 9.27. The molecule has 0 aliphatic carbocycles. The number of carbonyl (C=O) groups is 1. The van der Waals surface area contributed by atoms with Gasteiger partial charge in [-0.2, -0.15) is 5.26 Å². The number of benzene rings is 1. The second kappa shape index (κ2) is 5.57. The summed E-state index contributed by atoms with van der Waals surface area (Å²) in [4.78, 5) is 13.3. The molecule has 0 saturated heterocycles. The van der Waals surface area contributed by atoms with E-state index in [0.717, 1.165) is 18.4 Å². The summed E-state index contributed by atoms with van der Waals surface area (Å²) in [5.41, 5.74) is 2.83. The molecule has 0 aromatic heterocycles. The van der Waals surface area contributed by atoms with Gasteiger partial charge in [0, 0.05) is 13.2 Å². The first kappa shape index (κ1) is 13.2. The first-order chi connectivity index (χ1) is 9.15. The number of nitrogens with zero attached hydrogens (tertiary/aromatic N) is 2. The van der Waals surface area contributed by atoms with Crippen LogP contribution in [0.5, 0.6) is 0 Å². The molecular formula is C15H17N3O. The smallest absolute Gasteiger partial charge is 0.321 e. The van der Waals surface area contributed by atoms with Gasteiger partial charge in [0.2, 0.25) is 0 Å². The maximum atomic E-state index is 11.8. The Kier molecular flexibility index (Phi) is 3.86. The summed E-state index contributed by atoms with van der Waals surface area (Å²) in [7, 11) is 1.75. The van der Waals surface area contributed by atoms with Crippen LogP contribution in [0.15, 0.2) is 36.0 Å². The van der Waals surface area contributed by atoms with Gasteiger partial charge in [-0.15, -0.1) is 0 Å². The Balaban J connectivity index is 2.32. The lowest BCUT2D eigenvalue weighted by atomic mass is 9.94. The van der Waals surface area contributed by atoms with Gasteiger partial charge in [-0.1, -0.05) is 25.5 Å². The zero-order chi connectivity index (χ0) is 13.8. The summed E-state index contributed by atoms with van der Waals surface area (Å²) in [6.07, 6.45) is 3.88. The largest absolute Gasteiger partial charge is 0.327 e. The Morgan fingerprint density at radius 3 is 2.63 bits per heavy atom. The maximum Gasteiger partial charge on any atom is 0.321 e. The van der Waals surface area contributed by atoms with Crippen molar-refractivity contribution in [1.29, 1.82) is 5.26 Å². The van der Waals surface area contributed by atoms with Gasteiger partial charge >= 0.3 is 6.03 Å². The monoisotopic (exact) mass is 255 g/mol. The minimum atomic E-state index is -0.103. The van der Waals surface area contributed by atoms with Crippen molar-refractivity contribution in [3.8, 4) is 6.07 Å². The number of hydrogen-bond donors (Lipinski definition) is 1. The van der Waals surface area contributed by atoms with Gasteiger partial charge in [0.05, 0.1) is 17.7 Å². The molecule has 0 bridgehead atoms. The number of urea groups is 1. The van der Waals surface area contributed by atoms with E-state index < -0.39 is 0 Å². The zero-order valence-corrected chi connectivity index (χ0v) is 11.2. The highest BCUT2D eigenvalue weighted by Crippen LogP contribution is 2.28. The lowest BCUT2D eigenvalue weighted by molar-refractivity contribution is 0.215. The van der Waals surface area contributed by atoms with Crippen LogP contribution in [0.3, 0.4) is 0 Å². The minimum Gasteiger partial charge on any atom is -0.327 e. The summed E-state index contributed by atoms with van der Waals surface area (Å²) in [6.45, 7) is 2.12. The molecule has 98 valence electrons. The van der Waals surface area contributed by atoms with Crippen molar-refractivity contribution >= 4 is 6.03 Å². The average molecular weight is 255 g/mol. The lowest BCUT2D eigenvalue weighted by Crippen LogP contribution is -2.41. The van der Waals surface area contributed by atoms with Crippen molar-refractivity contribution in [2.24, 2.45) is 0 Å². The van der Waals surface area contributed by atoms with Crippen LogP contribution in [0.2, 0.25) is 0 Å². The van der Waals surface area contributed by atoms with Crippen molar-refractivity contribution in [1.82, 2.24) is 10.2 Å². The Morgan fingerprint density at radius 2 is 2.05 bits per heavy atom. The normalized spacial score (nSPS) is 18.6. The van der Waals surface area contributed by atoms with E-state index in [1.807, 2.05) is 18.3 Å². The molecule has 1 aliphatic rings. The van der Waals surface area contributed by atoms with Crippen molar-refractivity contribution < 1.29 is 4.79 Å². The van der Waals surface area contributed by atoms with E-state index in [-0.39, 0.29) is 12.1 Å². The molecule has 1 aromatic carbocycles. The van der Waals surface area contributed by atoms with E-state index in [1.165, 1.54) is 5.57 Å². The standard InChI is InChI=1S/C15H17N3O/c1-3-4-13-10-18(2)15(19)17-14(13)12-7-5-11(9-16)6-8-12/h5-8,10,14H,3-4H2,1-2H3,(H,17,19). The van der Waals surface area contributed by atoms with Crippen molar-refractivity contribution in [3.63, 3.8) is 0 Å². The maximum absolute atomic E-state index is 11.8. The van der Waals surface area contributed by atoms with Crippen molar-refractivity contribution in [2.45, 2.75) is 25.8 Å². The molecule has 1 unspecified atom stereocenters. The summed E-state index contributed by atoms with van der Waals surface area (Å²) in [5.74, 6) is 0. The Labute approximate surface area is 113 Å². The van der Waals surface area contributed by atoms with Crippen LogP contribution in [0.4, 0.5) is 4.79 Å². The van der Waals surface area contributed by atoms with Gasteiger partial charge < -0.3 is 10.2 Å². The number of rotatable bonds is 3. The number of nitrogens with one attached hydrogen (secondary N) is 1. The third-order valence-corrected chi connectivity index (χ3v) is 3.23. The molecule has 1 aliphatic heterocycles. The van der Waals surface area contributed by atoms with Gasteiger partial charge in [-0.25, -0.2) is 4.79 Å². The van der Waals surface area contributed by atoms with E-state index >= 15 is 0 Å². The number of carbonyl (C=O) groups excluding carboxylic acids is 1. The molecule has 0 radical (unpaired) electrons. The summed E-state index contributed by atoms with van der Waals surface area (Å²) in [5, 5.41) is 11.8. The van der Waals surface area contributed by atoms with Crippen LogP contribution in [-0.2, 0) is 0 Å². The lowest BCUT2D eigenvalue weighted by Gasteiger charge is -2.30. The van der Waals surface area contributed by atoms with Gasteiger partial charge in [0.1, 0.15) is 0 Å². The predicted molar refractivity (Wildman–Crippen MR) is 73.2 cm³/mol. The fraction of sp³-hybridized carbons (Fsp3) is 0.333. The predicted octanol–water partition coefficient (Wildman–Crippen LogP) is 2.94. The molecular weight excluding hydrogens is 238 g/mol. The number of amides is 2. The fourth-order valence-corrected chi connectivity index (χ4v) is 2.24. The Morgan fingerprint density at radius 1 is 1.37 bits per heavy atom. The fourth-order valence-electron chi connectivity index (χ4n) is 2.24. The second-order valence-electron chi connectivity index (χ2n) is 4.68. The molecule has 0 fully saturated rings. The first-order valence-corrected chi connectivity index (χ1v) is 6.39. The van der Waals surface area contributed by atoms with Gasteiger partial charge in [0.25, 0.3) is 0 Å². The molecule has 19 heavy (non-hydrogen) atoms. The third-order valence-electron chi connectivity index (χ3n) is 3.23. The van der Waals surface area contributed by atoms with Crippen LogP contribution in [-0.4, -0.2) is 18.0 Å². The molecule has 0 saturated carbocycles. The molecule has 2 amide bonds. The SMILES string of the molecule is CCCC1=CN(C)C(=O)NC1c1ccc(C#N)cc1. The topological polar surface area (TPSA) is 56.1 Å².